The fourth-order valence-electron chi connectivity index (χ4n) is 1.39. The molecule has 2 unspecified atom stereocenters. The van der Waals surface area contributed by atoms with Gasteiger partial charge in [-0.15, -0.1) is 0 Å². The zero-order valence-corrected chi connectivity index (χ0v) is 10.4. The van der Waals surface area contributed by atoms with Gasteiger partial charge in [-0.05, 0) is 12.7 Å². The molecule has 0 aliphatic rings. The van der Waals surface area contributed by atoms with E-state index in [9.17, 15) is 9.35 Å². The summed E-state index contributed by atoms with van der Waals surface area (Å²) in [7, 11) is -1.39. The quantitative estimate of drug-likeness (QED) is 0.192. The first-order valence-corrected chi connectivity index (χ1v) is 6.67. The van der Waals surface area contributed by atoms with E-state index in [0.717, 1.165) is 0 Å². The standard InChI is InChI=1S/C8H19BN2O5S/c10-8(7(12)13,4-6-17(11)16)3-1-2-5-9(14)15/h14-15H,1-6,10-11H2,(H,12,13). The van der Waals surface area contributed by atoms with Crippen molar-refractivity contribution >= 4 is 24.4 Å². The number of rotatable bonds is 9. The Kier molecular flexibility index (Phi) is 7.76. The average Bonchev–Trinajstić information content (AvgIpc) is 2.21. The molecule has 7 nitrogen and oxygen atoms in total. The van der Waals surface area contributed by atoms with Gasteiger partial charge in [0, 0.05) is 17.8 Å². The van der Waals surface area contributed by atoms with E-state index < -0.39 is 30.0 Å². The molecule has 2 atom stereocenters. The van der Waals surface area contributed by atoms with Crippen LogP contribution in [0.25, 0.3) is 0 Å². The van der Waals surface area contributed by atoms with Gasteiger partial charge < -0.3 is 25.4 Å². The number of hydrogen-bond donors (Lipinski definition) is 5. The fraction of sp³-hybridized carbons (Fsp3) is 0.875. The molecule has 0 aromatic carbocycles. The highest BCUT2D eigenvalue weighted by molar-refractivity contribution is 7.89. The van der Waals surface area contributed by atoms with Crippen molar-refractivity contribution in [2.45, 2.75) is 37.5 Å². The van der Waals surface area contributed by atoms with E-state index in [1.54, 1.807) is 0 Å². The molecule has 0 aromatic heterocycles. The molecule has 0 bridgehead atoms. The summed E-state index contributed by atoms with van der Waals surface area (Å²) < 4.78 is 10.7. The molecule has 0 aliphatic heterocycles. The van der Waals surface area contributed by atoms with Crippen LogP contribution in [0.3, 0.4) is 0 Å². The molecule has 0 aliphatic carbocycles. The van der Waals surface area contributed by atoms with Gasteiger partial charge >= 0.3 is 13.1 Å². The van der Waals surface area contributed by atoms with Crippen molar-refractivity contribution in [1.29, 1.82) is 0 Å². The van der Waals surface area contributed by atoms with Crippen LogP contribution < -0.4 is 10.9 Å². The number of unbranched alkanes of at least 4 members (excludes halogenated alkanes) is 1. The molecular weight excluding hydrogens is 247 g/mol. The summed E-state index contributed by atoms with van der Waals surface area (Å²) in [5.41, 5.74) is 4.24. The van der Waals surface area contributed by atoms with Crippen LogP contribution in [0.2, 0.25) is 6.32 Å². The minimum atomic E-state index is -1.57. The SMILES string of the molecule is N[S+]([O-])CCC(N)(CCCCB(O)O)C(=O)O. The first-order chi connectivity index (χ1) is 7.78. The van der Waals surface area contributed by atoms with E-state index in [0.29, 0.717) is 12.8 Å². The predicted molar refractivity (Wildman–Crippen MR) is 65.2 cm³/mol. The molecule has 100 valence electrons. The highest BCUT2D eigenvalue weighted by Gasteiger charge is 2.34. The van der Waals surface area contributed by atoms with Gasteiger partial charge in [0.2, 0.25) is 0 Å². The van der Waals surface area contributed by atoms with Crippen LogP contribution in [0.1, 0.15) is 25.7 Å². The molecule has 0 rings (SSSR count). The minimum Gasteiger partial charge on any atom is -0.598 e. The molecule has 0 saturated carbocycles. The lowest BCUT2D eigenvalue weighted by Gasteiger charge is -2.24. The highest BCUT2D eigenvalue weighted by Crippen LogP contribution is 2.18. The number of nitrogens with two attached hydrogens (primary N) is 2. The van der Waals surface area contributed by atoms with Crippen molar-refractivity contribution in [2.24, 2.45) is 10.9 Å². The summed E-state index contributed by atoms with van der Waals surface area (Å²) in [5.74, 6) is -1.13. The van der Waals surface area contributed by atoms with Crippen LogP contribution >= 0.6 is 0 Å². The zero-order chi connectivity index (χ0) is 13.5. The van der Waals surface area contributed by atoms with E-state index in [2.05, 4.69) is 0 Å². The van der Waals surface area contributed by atoms with E-state index >= 15 is 0 Å². The van der Waals surface area contributed by atoms with Crippen LogP contribution in [-0.4, -0.2) is 44.1 Å². The maximum Gasteiger partial charge on any atom is 0.451 e. The number of carboxylic acids is 1. The Morgan fingerprint density at radius 2 is 1.94 bits per heavy atom. The van der Waals surface area contributed by atoms with Gasteiger partial charge in [-0.2, -0.15) is 5.14 Å². The molecule has 0 radical (unpaired) electrons. The monoisotopic (exact) mass is 266 g/mol. The Labute approximate surface area is 104 Å². The lowest BCUT2D eigenvalue weighted by atomic mass is 9.81. The summed E-state index contributed by atoms with van der Waals surface area (Å²) in [6, 6.07) is 0. The van der Waals surface area contributed by atoms with Gasteiger partial charge in [0.25, 0.3) is 0 Å². The van der Waals surface area contributed by atoms with Crippen molar-refractivity contribution in [3.05, 3.63) is 0 Å². The fourth-order valence-corrected chi connectivity index (χ4v) is 1.95. The van der Waals surface area contributed by atoms with Gasteiger partial charge in [-0.25, -0.2) is 0 Å². The molecule has 7 N–H and O–H groups in total. The predicted octanol–water partition coefficient (Wildman–Crippen LogP) is -1.58. The topological polar surface area (TPSA) is 153 Å². The largest absolute Gasteiger partial charge is 0.598 e. The number of carboxylic acid groups (broad SMARTS) is 1. The molecule has 0 fully saturated rings. The maximum atomic E-state index is 11.0. The lowest BCUT2D eigenvalue weighted by Crippen LogP contribution is -2.49. The first-order valence-electron chi connectivity index (χ1n) is 5.29. The molecule has 17 heavy (non-hydrogen) atoms. The Hall–Kier alpha value is -0.315. The van der Waals surface area contributed by atoms with E-state index in [-0.39, 0.29) is 24.9 Å². The van der Waals surface area contributed by atoms with E-state index in [1.165, 1.54) is 0 Å². The third-order valence-corrected chi connectivity index (χ3v) is 3.12. The molecule has 0 saturated heterocycles. The Balaban J connectivity index is 4.08. The second-order valence-corrected chi connectivity index (χ2v) is 5.19. The third kappa shape index (κ3) is 7.58. The van der Waals surface area contributed by atoms with Crippen LogP contribution in [0.15, 0.2) is 0 Å². The summed E-state index contributed by atoms with van der Waals surface area (Å²) in [6.07, 6.45) is 1.32. The average molecular weight is 266 g/mol. The van der Waals surface area contributed by atoms with Crippen LogP contribution in [0.5, 0.6) is 0 Å². The molecule has 0 amide bonds. The smallest absolute Gasteiger partial charge is 0.451 e. The van der Waals surface area contributed by atoms with Gasteiger partial charge in [0.15, 0.2) is 0 Å². The minimum absolute atomic E-state index is 0.0332. The highest BCUT2D eigenvalue weighted by atomic mass is 32.2. The number of hydrogen-bond acceptors (Lipinski definition) is 6. The van der Waals surface area contributed by atoms with Gasteiger partial charge in [0.05, 0.1) is 0 Å². The van der Waals surface area contributed by atoms with E-state index in [4.69, 9.17) is 26.0 Å². The third-order valence-electron chi connectivity index (χ3n) is 2.51. The van der Waals surface area contributed by atoms with E-state index in [1.807, 2.05) is 0 Å². The molecular formula is C8H19BN2O5S. The van der Waals surface area contributed by atoms with Crippen molar-refractivity contribution < 1.29 is 24.5 Å². The summed E-state index contributed by atoms with van der Waals surface area (Å²) in [4.78, 5) is 11.0. The van der Waals surface area contributed by atoms with Gasteiger partial charge in [-0.1, -0.05) is 12.8 Å². The van der Waals surface area contributed by atoms with Crippen molar-refractivity contribution in [2.75, 3.05) is 5.75 Å². The zero-order valence-electron chi connectivity index (χ0n) is 9.54. The lowest BCUT2D eigenvalue weighted by molar-refractivity contribution is -0.143. The van der Waals surface area contributed by atoms with Crippen LogP contribution in [0, 0.1) is 0 Å². The Morgan fingerprint density at radius 1 is 1.35 bits per heavy atom. The number of carbonyl (C=O) groups is 1. The molecule has 9 heteroatoms. The molecule has 0 spiro atoms. The molecule has 0 heterocycles. The van der Waals surface area contributed by atoms with Gasteiger partial charge in [0.1, 0.15) is 11.3 Å². The summed E-state index contributed by atoms with van der Waals surface area (Å²) in [5, 5.41) is 31.3. The van der Waals surface area contributed by atoms with Gasteiger partial charge in [-0.3, -0.25) is 4.79 Å². The second kappa shape index (κ2) is 7.91. The van der Waals surface area contributed by atoms with Crippen LogP contribution in [-0.2, 0) is 16.2 Å². The maximum absolute atomic E-state index is 11.0. The van der Waals surface area contributed by atoms with Crippen LogP contribution in [0.4, 0.5) is 0 Å². The normalized spacial score (nSPS) is 16.3. The second-order valence-electron chi connectivity index (χ2n) is 4.02. The van der Waals surface area contributed by atoms with Crippen molar-refractivity contribution in [3.8, 4) is 0 Å². The summed E-state index contributed by atoms with van der Waals surface area (Å²) >= 11 is -1.57. The Morgan fingerprint density at radius 3 is 2.35 bits per heavy atom. The molecule has 0 aromatic rings. The van der Waals surface area contributed by atoms with Crippen molar-refractivity contribution in [3.63, 3.8) is 0 Å². The number of aliphatic carboxylic acids is 1. The van der Waals surface area contributed by atoms with Crippen molar-refractivity contribution in [1.82, 2.24) is 0 Å². The first kappa shape index (κ1) is 16.7. The summed E-state index contributed by atoms with van der Waals surface area (Å²) in [6.45, 7) is 0. The Bertz CT molecular complexity index is 244.